The molecule has 4 nitrogen and oxygen atoms in total. The van der Waals surface area contributed by atoms with Crippen LogP contribution in [0.5, 0.6) is 0 Å². The summed E-state index contributed by atoms with van der Waals surface area (Å²) in [6.07, 6.45) is 2.99. The normalized spacial score (nSPS) is 27.3. The predicted octanol–water partition coefficient (Wildman–Crippen LogP) is 0.280. The van der Waals surface area contributed by atoms with Crippen LogP contribution in [0, 0.1) is 0 Å². The van der Waals surface area contributed by atoms with Crippen LogP contribution in [0.4, 0.5) is 0 Å². The monoisotopic (exact) mass is 200 g/mol. The van der Waals surface area contributed by atoms with Crippen LogP contribution in [0.15, 0.2) is 0 Å². The molecule has 4 heteroatoms. The van der Waals surface area contributed by atoms with Gasteiger partial charge >= 0.3 is 0 Å². The minimum atomic E-state index is 0.0430. The Labute approximate surface area is 85.4 Å². The average Bonchev–Trinajstić information content (AvgIpc) is 2.20. The zero-order valence-electron chi connectivity index (χ0n) is 9.01. The van der Waals surface area contributed by atoms with Crippen molar-refractivity contribution in [3.63, 3.8) is 0 Å². The highest BCUT2D eigenvalue weighted by Gasteiger charge is 2.20. The fourth-order valence-corrected chi connectivity index (χ4v) is 1.67. The first kappa shape index (κ1) is 11.5. The zero-order valence-corrected chi connectivity index (χ0v) is 9.01. The molecular weight excluding hydrogens is 180 g/mol. The Bertz CT molecular complexity index is 185. The molecule has 0 saturated carbocycles. The van der Waals surface area contributed by atoms with Gasteiger partial charge in [0.2, 0.25) is 5.91 Å². The van der Waals surface area contributed by atoms with Gasteiger partial charge in [-0.15, -0.1) is 0 Å². The van der Waals surface area contributed by atoms with E-state index in [2.05, 4.69) is 17.6 Å². The van der Waals surface area contributed by atoms with Gasteiger partial charge in [-0.3, -0.25) is 4.79 Å². The first-order valence-electron chi connectivity index (χ1n) is 5.29. The predicted molar refractivity (Wildman–Crippen MR) is 55.1 cm³/mol. The zero-order chi connectivity index (χ0) is 10.4. The highest BCUT2D eigenvalue weighted by molar-refractivity contribution is 5.75. The SMILES string of the molecule is CNC(=O)CCOC1CCCNC1C. The molecule has 2 atom stereocenters. The maximum Gasteiger partial charge on any atom is 0.222 e. The number of ether oxygens (including phenoxy) is 1. The Hall–Kier alpha value is -0.610. The van der Waals surface area contributed by atoms with Crippen LogP contribution in [-0.2, 0) is 9.53 Å². The van der Waals surface area contributed by atoms with E-state index in [0.29, 0.717) is 19.1 Å². The van der Waals surface area contributed by atoms with Crippen LogP contribution in [0.1, 0.15) is 26.2 Å². The lowest BCUT2D eigenvalue weighted by molar-refractivity contribution is -0.122. The van der Waals surface area contributed by atoms with Crippen LogP contribution < -0.4 is 10.6 Å². The van der Waals surface area contributed by atoms with Gasteiger partial charge < -0.3 is 15.4 Å². The number of nitrogens with one attached hydrogen (secondary N) is 2. The lowest BCUT2D eigenvalue weighted by Crippen LogP contribution is -2.44. The van der Waals surface area contributed by atoms with Crippen molar-refractivity contribution in [3.8, 4) is 0 Å². The fraction of sp³-hybridized carbons (Fsp3) is 0.900. The van der Waals surface area contributed by atoms with Crippen LogP contribution in [-0.4, -0.2) is 38.3 Å². The molecule has 0 spiro atoms. The van der Waals surface area contributed by atoms with Gasteiger partial charge in [0, 0.05) is 19.5 Å². The molecular formula is C10H20N2O2. The van der Waals surface area contributed by atoms with Gasteiger partial charge in [0.05, 0.1) is 12.7 Å². The third-order valence-electron chi connectivity index (χ3n) is 2.63. The summed E-state index contributed by atoms with van der Waals surface area (Å²) in [7, 11) is 1.65. The summed E-state index contributed by atoms with van der Waals surface area (Å²) in [4.78, 5) is 10.9. The number of carbonyl (C=O) groups excluding carboxylic acids is 1. The number of carbonyl (C=O) groups is 1. The molecule has 0 aliphatic carbocycles. The summed E-state index contributed by atoms with van der Waals surface area (Å²) in [5.41, 5.74) is 0. The molecule has 1 amide bonds. The minimum absolute atomic E-state index is 0.0430. The Morgan fingerprint density at radius 1 is 1.64 bits per heavy atom. The van der Waals surface area contributed by atoms with E-state index in [0.717, 1.165) is 19.4 Å². The van der Waals surface area contributed by atoms with Gasteiger partial charge in [-0.05, 0) is 26.3 Å². The summed E-state index contributed by atoms with van der Waals surface area (Å²) < 4.78 is 5.64. The lowest BCUT2D eigenvalue weighted by Gasteiger charge is -2.29. The third kappa shape index (κ3) is 3.64. The van der Waals surface area contributed by atoms with Crippen LogP contribution in [0.3, 0.4) is 0 Å². The van der Waals surface area contributed by atoms with Gasteiger partial charge in [-0.2, -0.15) is 0 Å². The molecule has 1 aliphatic heterocycles. The lowest BCUT2D eigenvalue weighted by atomic mass is 10.0. The fourth-order valence-electron chi connectivity index (χ4n) is 1.67. The van der Waals surface area contributed by atoms with Gasteiger partial charge in [0.25, 0.3) is 0 Å². The average molecular weight is 200 g/mol. The molecule has 1 heterocycles. The molecule has 82 valence electrons. The van der Waals surface area contributed by atoms with Gasteiger partial charge in [0.1, 0.15) is 0 Å². The topological polar surface area (TPSA) is 50.4 Å². The van der Waals surface area contributed by atoms with Crippen molar-refractivity contribution in [2.45, 2.75) is 38.3 Å². The van der Waals surface area contributed by atoms with E-state index in [1.54, 1.807) is 7.05 Å². The first-order chi connectivity index (χ1) is 6.74. The number of piperidine rings is 1. The van der Waals surface area contributed by atoms with E-state index in [-0.39, 0.29) is 12.0 Å². The molecule has 0 bridgehead atoms. The minimum Gasteiger partial charge on any atom is -0.376 e. The van der Waals surface area contributed by atoms with Crippen molar-refractivity contribution < 1.29 is 9.53 Å². The van der Waals surface area contributed by atoms with E-state index in [1.807, 2.05) is 0 Å². The highest BCUT2D eigenvalue weighted by Crippen LogP contribution is 2.12. The maximum absolute atomic E-state index is 10.9. The smallest absolute Gasteiger partial charge is 0.222 e. The molecule has 14 heavy (non-hydrogen) atoms. The maximum atomic E-state index is 10.9. The Balaban J connectivity index is 2.13. The molecule has 2 N–H and O–H groups in total. The largest absolute Gasteiger partial charge is 0.376 e. The van der Waals surface area contributed by atoms with Crippen molar-refractivity contribution in [1.29, 1.82) is 0 Å². The summed E-state index contributed by atoms with van der Waals surface area (Å²) in [5.74, 6) is 0.0430. The van der Waals surface area contributed by atoms with Gasteiger partial charge in [-0.1, -0.05) is 0 Å². The standard InChI is InChI=1S/C10H20N2O2/c1-8-9(4-3-6-12-8)14-7-5-10(13)11-2/h8-9,12H,3-7H2,1-2H3,(H,11,13). The molecule has 2 unspecified atom stereocenters. The van der Waals surface area contributed by atoms with E-state index in [9.17, 15) is 4.79 Å². The number of rotatable bonds is 4. The van der Waals surface area contributed by atoms with E-state index >= 15 is 0 Å². The van der Waals surface area contributed by atoms with Crippen LogP contribution >= 0.6 is 0 Å². The highest BCUT2D eigenvalue weighted by atomic mass is 16.5. The Morgan fingerprint density at radius 2 is 2.43 bits per heavy atom. The van der Waals surface area contributed by atoms with Crippen LogP contribution in [0.25, 0.3) is 0 Å². The molecule has 1 rings (SSSR count). The van der Waals surface area contributed by atoms with E-state index in [1.165, 1.54) is 0 Å². The number of hydrogen-bond acceptors (Lipinski definition) is 3. The van der Waals surface area contributed by atoms with Crippen molar-refractivity contribution in [3.05, 3.63) is 0 Å². The molecule has 0 aromatic heterocycles. The van der Waals surface area contributed by atoms with E-state index < -0.39 is 0 Å². The molecule has 0 aromatic rings. The molecule has 1 fully saturated rings. The van der Waals surface area contributed by atoms with E-state index in [4.69, 9.17) is 4.74 Å². The summed E-state index contributed by atoms with van der Waals surface area (Å²) in [5, 5.41) is 5.94. The summed E-state index contributed by atoms with van der Waals surface area (Å²) in [6.45, 7) is 3.73. The Morgan fingerprint density at radius 3 is 3.07 bits per heavy atom. The summed E-state index contributed by atoms with van der Waals surface area (Å²) in [6, 6.07) is 0.411. The molecule has 0 aromatic carbocycles. The second-order valence-electron chi connectivity index (χ2n) is 3.72. The quantitative estimate of drug-likeness (QED) is 0.685. The number of hydrogen-bond donors (Lipinski definition) is 2. The van der Waals surface area contributed by atoms with Crippen molar-refractivity contribution >= 4 is 5.91 Å². The third-order valence-corrected chi connectivity index (χ3v) is 2.63. The molecule has 1 aliphatic rings. The summed E-state index contributed by atoms with van der Waals surface area (Å²) >= 11 is 0. The van der Waals surface area contributed by atoms with Crippen LogP contribution in [0.2, 0.25) is 0 Å². The van der Waals surface area contributed by atoms with Gasteiger partial charge in [0.15, 0.2) is 0 Å². The molecule has 1 saturated heterocycles. The first-order valence-corrected chi connectivity index (χ1v) is 5.29. The van der Waals surface area contributed by atoms with Crippen molar-refractivity contribution in [2.75, 3.05) is 20.2 Å². The second-order valence-corrected chi connectivity index (χ2v) is 3.72. The number of amides is 1. The van der Waals surface area contributed by atoms with Gasteiger partial charge in [-0.25, -0.2) is 0 Å². The van der Waals surface area contributed by atoms with Crippen molar-refractivity contribution in [1.82, 2.24) is 10.6 Å². The molecule has 0 radical (unpaired) electrons. The Kier molecular flexibility index (Phi) is 4.90. The second kappa shape index (κ2) is 5.98. The van der Waals surface area contributed by atoms with Crippen molar-refractivity contribution in [2.24, 2.45) is 0 Å².